The average Bonchev–Trinajstić information content (AvgIpc) is 3.39. The quantitative estimate of drug-likeness (QED) is 0.609. The minimum absolute atomic E-state index is 0.0474. The van der Waals surface area contributed by atoms with Gasteiger partial charge in [0, 0.05) is 32.1 Å². The van der Waals surface area contributed by atoms with Crippen molar-refractivity contribution in [2.24, 2.45) is 17.8 Å². The molecular formula is C21H34N2O4. The van der Waals surface area contributed by atoms with Gasteiger partial charge < -0.3 is 14.5 Å². The van der Waals surface area contributed by atoms with Crippen molar-refractivity contribution in [3.8, 4) is 0 Å². The minimum Gasteiger partial charge on any atom is -0.466 e. The number of ether oxygens (including phenoxy) is 1. The van der Waals surface area contributed by atoms with E-state index in [9.17, 15) is 14.4 Å². The lowest BCUT2D eigenvalue weighted by molar-refractivity contribution is -0.144. The van der Waals surface area contributed by atoms with Gasteiger partial charge in [0.1, 0.15) is 0 Å². The third kappa shape index (κ3) is 5.45. The van der Waals surface area contributed by atoms with E-state index in [0.29, 0.717) is 44.6 Å². The van der Waals surface area contributed by atoms with Gasteiger partial charge >= 0.3 is 5.97 Å². The summed E-state index contributed by atoms with van der Waals surface area (Å²) in [5.41, 5.74) is 0. The molecule has 6 nitrogen and oxygen atoms in total. The smallest absolute Gasteiger partial charge is 0.307 e. The summed E-state index contributed by atoms with van der Waals surface area (Å²) < 4.78 is 5.00. The number of rotatable bonds is 8. The molecule has 1 atom stereocenters. The maximum atomic E-state index is 13.1. The van der Waals surface area contributed by atoms with E-state index in [2.05, 4.69) is 6.92 Å². The van der Waals surface area contributed by atoms with Gasteiger partial charge in [0.2, 0.25) is 11.8 Å². The van der Waals surface area contributed by atoms with Crippen LogP contribution >= 0.6 is 0 Å². The first-order chi connectivity index (χ1) is 13.0. The molecule has 2 amide bonds. The largest absolute Gasteiger partial charge is 0.466 e. The van der Waals surface area contributed by atoms with Crippen LogP contribution in [-0.2, 0) is 19.1 Å². The Morgan fingerprint density at radius 2 is 1.85 bits per heavy atom. The summed E-state index contributed by atoms with van der Waals surface area (Å²) in [6.07, 6.45) is 7.31. The number of carbonyl (C=O) groups excluding carboxylic acids is 3. The predicted octanol–water partition coefficient (Wildman–Crippen LogP) is 2.61. The molecule has 0 aromatic rings. The van der Waals surface area contributed by atoms with Gasteiger partial charge in [-0.25, -0.2) is 0 Å². The van der Waals surface area contributed by atoms with Crippen molar-refractivity contribution >= 4 is 17.8 Å². The highest BCUT2D eigenvalue weighted by Gasteiger charge is 2.41. The molecule has 0 aromatic carbocycles. The van der Waals surface area contributed by atoms with Crippen LogP contribution in [0.15, 0.2) is 0 Å². The van der Waals surface area contributed by atoms with Crippen molar-refractivity contribution in [2.45, 2.75) is 71.3 Å². The Bertz CT molecular complexity index is 552. The fourth-order valence-corrected chi connectivity index (χ4v) is 4.43. The van der Waals surface area contributed by atoms with E-state index >= 15 is 0 Å². The lowest BCUT2D eigenvalue weighted by Crippen LogP contribution is -2.42. The second-order valence-electron chi connectivity index (χ2n) is 8.64. The van der Waals surface area contributed by atoms with Gasteiger partial charge in [-0.3, -0.25) is 14.4 Å². The summed E-state index contributed by atoms with van der Waals surface area (Å²) >= 11 is 0. The molecule has 3 fully saturated rings. The first kappa shape index (κ1) is 20.2. The second-order valence-corrected chi connectivity index (χ2v) is 8.64. The van der Waals surface area contributed by atoms with Crippen molar-refractivity contribution in [3.63, 3.8) is 0 Å². The Morgan fingerprint density at radius 1 is 1.15 bits per heavy atom. The number of likely N-dealkylation sites (tertiary alicyclic amines) is 1. The van der Waals surface area contributed by atoms with E-state index in [0.717, 1.165) is 31.6 Å². The molecule has 27 heavy (non-hydrogen) atoms. The Kier molecular flexibility index (Phi) is 6.77. The zero-order chi connectivity index (χ0) is 19.4. The van der Waals surface area contributed by atoms with Gasteiger partial charge in [0.25, 0.3) is 0 Å². The monoisotopic (exact) mass is 378 g/mol. The third-order valence-corrected chi connectivity index (χ3v) is 6.31. The minimum atomic E-state index is -0.258. The van der Waals surface area contributed by atoms with E-state index in [1.54, 1.807) is 6.92 Å². The fraction of sp³-hybridized carbons (Fsp3) is 0.857. The molecule has 1 saturated heterocycles. The van der Waals surface area contributed by atoms with Crippen molar-refractivity contribution < 1.29 is 19.1 Å². The Morgan fingerprint density at radius 3 is 2.48 bits per heavy atom. The van der Waals surface area contributed by atoms with Crippen molar-refractivity contribution in [1.82, 2.24) is 9.80 Å². The summed E-state index contributed by atoms with van der Waals surface area (Å²) in [5.74, 6) is 0.970. The van der Waals surface area contributed by atoms with Gasteiger partial charge in [0.15, 0.2) is 0 Å². The molecule has 0 bridgehead atoms. The van der Waals surface area contributed by atoms with Crippen LogP contribution in [-0.4, -0.2) is 59.9 Å². The molecule has 6 heteroatoms. The van der Waals surface area contributed by atoms with E-state index in [4.69, 9.17) is 4.74 Å². The van der Waals surface area contributed by atoms with Crippen LogP contribution in [0.1, 0.15) is 65.2 Å². The van der Waals surface area contributed by atoms with Crippen LogP contribution in [0.2, 0.25) is 0 Å². The number of esters is 1. The molecule has 2 saturated carbocycles. The zero-order valence-corrected chi connectivity index (χ0v) is 16.8. The van der Waals surface area contributed by atoms with Crippen LogP contribution in [0.25, 0.3) is 0 Å². The molecule has 152 valence electrons. The maximum Gasteiger partial charge on any atom is 0.307 e. The summed E-state index contributed by atoms with van der Waals surface area (Å²) in [6.45, 7) is 6.09. The maximum absolute atomic E-state index is 13.1. The highest BCUT2D eigenvalue weighted by molar-refractivity contribution is 5.89. The van der Waals surface area contributed by atoms with Gasteiger partial charge in [-0.05, 0) is 57.3 Å². The molecule has 3 rings (SSSR count). The van der Waals surface area contributed by atoms with Crippen LogP contribution in [0, 0.1) is 17.8 Å². The summed E-state index contributed by atoms with van der Waals surface area (Å²) in [7, 11) is 0. The van der Waals surface area contributed by atoms with Crippen LogP contribution < -0.4 is 0 Å². The summed E-state index contributed by atoms with van der Waals surface area (Å²) in [4.78, 5) is 41.2. The SMILES string of the molecule is CCOC(=O)CCN(CC1CC1)C(=O)C1CC(=O)N(C2CCC(C)CC2)C1. The van der Waals surface area contributed by atoms with Gasteiger partial charge in [0.05, 0.1) is 18.9 Å². The molecule has 2 aliphatic carbocycles. The number of nitrogens with zero attached hydrogens (tertiary/aromatic N) is 2. The summed E-state index contributed by atoms with van der Waals surface area (Å²) in [5, 5.41) is 0. The van der Waals surface area contributed by atoms with Crippen LogP contribution in [0.4, 0.5) is 0 Å². The Hall–Kier alpha value is -1.59. The highest BCUT2D eigenvalue weighted by Crippen LogP contribution is 2.33. The third-order valence-electron chi connectivity index (χ3n) is 6.31. The van der Waals surface area contributed by atoms with Gasteiger partial charge in [-0.1, -0.05) is 6.92 Å². The number of hydrogen-bond donors (Lipinski definition) is 0. The lowest BCUT2D eigenvalue weighted by atomic mass is 9.86. The molecule has 0 radical (unpaired) electrons. The molecule has 1 aliphatic heterocycles. The normalized spacial score (nSPS) is 28.3. The molecule has 1 heterocycles. The Balaban J connectivity index is 1.56. The molecular weight excluding hydrogens is 344 g/mol. The molecule has 0 aromatic heterocycles. The zero-order valence-electron chi connectivity index (χ0n) is 16.8. The van der Waals surface area contributed by atoms with Crippen LogP contribution in [0.5, 0.6) is 0 Å². The van der Waals surface area contributed by atoms with Crippen molar-refractivity contribution in [3.05, 3.63) is 0 Å². The van der Waals surface area contributed by atoms with E-state index < -0.39 is 0 Å². The number of amides is 2. The standard InChI is InChI=1S/C21H34N2O4/c1-3-27-20(25)10-11-22(13-16-6-7-16)21(26)17-12-19(24)23(14-17)18-8-4-15(2)5-9-18/h15-18H,3-14H2,1-2H3. The topological polar surface area (TPSA) is 66.9 Å². The predicted molar refractivity (Wildman–Crippen MR) is 102 cm³/mol. The number of hydrogen-bond acceptors (Lipinski definition) is 4. The fourth-order valence-electron chi connectivity index (χ4n) is 4.43. The van der Waals surface area contributed by atoms with Crippen molar-refractivity contribution in [1.29, 1.82) is 0 Å². The molecule has 3 aliphatic rings. The van der Waals surface area contributed by atoms with E-state index in [1.807, 2.05) is 9.80 Å². The highest BCUT2D eigenvalue weighted by atomic mass is 16.5. The average molecular weight is 379 g/mol. The lowest BCUT2D eigenvalue weighted by Gasteiger charge is -2.34. The van der Waals surface area contributed by atoms with E-state index in [-0.39, 0.29) is 30.1 Å². The second kappa shape index (κ2) is 9.07. The van der Waals surface area contributed by atoms with Gasteiger partial charge in [-0.2, -0.15) is 0 Å². The number of carbonyl (C=O) groups is 3. The van der Waals surface area contributed by atoms with Crippen molar-refractivity contribution in [2.75, 3.05) is 26.2 Å². The summed E-state index contributed by atoms with van der Waals surface area (Å²) in [6, 6.07) is 0.308. The van der Waals surface area contributed by atoms with Gasteiger partial charge in [-0.15, -0.1) is 0 Å². The first-order valence-corrected chi connectivity index (χ1v) is 10.7. The van der Waals surface area contributed by atoms with E-state index in [1.165, 1.54) is 12.8 Å². The Labute approximate surface area is 162 Å². The van der Waals surface area contributed by atoms with Crippen LogP contribution in [0.3, 0.4) is 0 Å². The first-order valence-electron chi connectivity index (χ1n) is 10.7. The molecule has 1 unspecified atom stereocenters. The molecule has 0 N–H and O–H groups in total. The molecule has 0 spiro atoms.